The molecule has 0 bridgehead atoms. The normalized spacial score (nSPS) is 12.6. The second-order valence-corrected chi connectivity index (χ2v) is 7.26. The zero-order valence-electron chi connectivity index (χ0n) is 12.9. The highest BCUT2D eigenvalue weighted by Gasteiger charge is 2.30. The second kappa shape index (κ2) is 6.16. The number of primary sulfonamides is 1. The van der Waals surface area contributed by atoms with Gasteiger partial charge in [0.1, 0.15) is 5.82 Å². The summed E-state index contributed by atoms with van der Waals surface area (Å²) >= 11 is 0. The SMILES string of the molecule is NS(=O)(=O)CCc1nc(-c2ccc(C(F)(F)F)cc2)c2ccccn12. The van der Waals surface area contributed by atoms with Gasteiger partial charge in [-0.1, -0.05) is 18.2 Å². The van der Waals surface area contributed by atoms with Gasteiger partial charge in [-0.2, -0.15) is 13.2 Å². The third kappa shape index (κ3) is 3.83. The molecule has 9 heteroatoms. The van der Waals surface area contributed by atoms with Crippen molar-refractivity contribution in [3.8, 4) is 11.3 Å². The molecule has 2 N–H and O–H groups in total. The Labute approximate surface area is 142 Å². The Bertz CT molecular complexity index is 1010. The van der Waals surface area contributed by atoms with Crippen LogP contribution in [-0.4, -0.2) is 23.6 Å². The maximum atomic E-state index is 12.7. The Morgan fingerprint density at radius 3 is 2.36 bits per heavy atom. The number of fused-ring (bicyclic) bond motifs is 1. The van der Waals surface area contributed by atoms with Crippen LogP contribution in [0.5, 0.6) is 0 Å². The van der Waals surface area contributed by atoms with Crippen LogP contribution < -0.4 is 5.14 Å². The van der Waals surface area contributed by atoms with Gasteiger partial charge in [-0.3, -0.25) is 0 Å². The molecule has 0 aliphatic rings. The fraction of sp³-hybridized carbons (Fsp3) is 0.188. The second-order valence-electron chi connectivity index (χ2n) is 5.52. The summed E-state index contributed by atoms with van der Waals surface area (Å²) in [5.41, 5.74) is 0.929. The summed E-state index contributed by atoms with van der Waals surface area (Å²) in [6.45, 7) is 0. The third-order valence-electron chi connectivity index (χ3n) is 3.72. The molecular weight excluding hydrogens is 355 g/mol. The van der Waals surface area contributed by atoms with Crippen molar-refractivity contribution in [1.82, 2.24) is 9.38 Å². The monoisotopic (exact) mass is 369 g/mol. The summed E-state index contributed by atoms with van der Waals surface area (Å²) < 4.78 is 62.2. The van der Waals surface area contributed by atoms with Crippen molar-refractivity contribution >= 4 is 15.5 Å². The summed E-state index contributed by atoms with van der Waals surface area (Å²) in [7, 11) is -3.65. The molecule has 0 radical (unpaired) electrons. The summed E-state index contributed by atoms with van der Waals surface area (Å²) in [5.74, 6) is 0.201. The molecule has 5 nitrogen and oxygen atoms in total. The molecule has 25 heavy (non-hydrogen) atoms. The average Bonchev–Trinajstić information content (AvgIpc) is 2.90. The number of nitrogens with zero attached hydrogens (tertiary/aromatic N) is 2. The number of rotatable bonds is 4. The Kier molecular flexibility index (Phi) is 4.29. The van der Waals surface area contributed by atoms with Crippen LogP contribution in [0.4, 0.5) is 13.2 Å². The molecule has 0 saturated carbocycles. The molecule has 3 aromatic rings. The van der Waals surface area contributed by atoms with Gasteiger partial charge in [0, 0.05) is 18.2 Å². The predicted molar refractivity (Wildman–Crippen MR) is 87.3 cm³/mol. The maximum absolute atomic E-state index is 12.7. The molecule has 0 fully saturated rings. The summed E-state index contributed by atoms with van der Waals surface area (Å²) in [4.78, 5) is 4.42. The van der Waals surface area contributed by atoms with E-state index >= 15 is 0 Å². The largest absolute Gasteiger partial charge is 0.416 e. The van der Waals surface area contributed by atoms with Gasteiger partial charge in [-0.15, -0.1) is 0 Å². The first-order valence-electron chi connectivity index (χ1n) is 7.29. The number of benzene rings is 1. The molecule has 0 atom stereocenters. The minimum atomic E-state index is -4.41. The highest BCUT2D eigenvalue weighted by Crippen LogP contribution is 2.32. The zero-order chi connectivity index (χ0) is 18.2. The lowest BCUT2D eigenvalue weighted by molar-refractivity contribution is -0.137. The van der Waals surface area contributed by atoms with Gasteiger partial charge in [0.05, 0.1) is 22.5 Å². The molecule has 2 heterocycles. The fourth-order valence-electron chi connectivity index (χ4n) is 2.54. The van der Waals surface area contributed by atoms with E-state index in [1.165, 1.54) is 12.1 Å². The van der Waals surface area contributed by atoms with Gasteiger partial charge in [-0.05, 0) is 24.3 Å². The topological polar surface area (TPSA) is 77.5 Å². The molecule has 0 unspecified atom stereocenters. The third-order valence-corrected chi connectivity index (χ3v) is 4.49. The van der Waals surface area contributed by atoms with Gasteiger partial charge in [0.2, 0.25) is 10.0 Å². The number of nitrogens with two attached hydrogens (primary N) is 1. The van der Waals surface area contributed by atoms with E-state index in [9.17, 15) is 21.6 Å². The molecule has 132 valence electrons. The van der Waals surface area contributed by atoms with Crippen molar-refractivity contribution in [2.45, 2.75) is 12.6 Å². The van der Waals surface area contributed by atoms with Crippen LogP contribution in [0.2, 0.25) is 0 Å². The molecular formula is C16H14F3N3O2S. The van der Waals surface area contributed by atoms with E-state index in [0.717, 1.165) is 12.1 Å². The molecule has 1 aromatic carbocycles. The van der Waals surface area contributed by atoms with E-state index in [1.807, 2.05) is 0 Å². The first-order chi connectivity index (χ1) is 11.6. The Hall–Kier alpha value is -2.39. The van der Waals surface area contributed by atoms with Crippen LogP contribution in [0.15, 0.2) is 48.7 Å². The first kappa shape index (κ1) is 17.4. The van der Waals surface area contributed by atoms with Crippen molar-refractivity contribution in [2.75, 3.05) is 5.75 Å². The minimum Gasteiger partial charge on any atom is -0.303 e. The molecule has 0 saturated heterocycles. The Morgan fingerprint density at radius 2 is 1.76 bits per heavy atom. The van der Waals surface area contributed by atoms with Crippen LogP contribution in [0.25, 0.3) is 16.8 Å². The van der Waals surface area contributed by atoms with E-state index in [-0.39, 0.29) is 12.2 Å². The van der Waals surface area contributed by atoms with Gasteiger partial charge in [-0.25, -0.2) is 18.5 Å². The number of aryl methyl sites for hydroxylation is 1. The number of aromatic nitrogens is 2. The molecule has 0 aliphatic heterocycles. The number of imidazole rings is 1. The summed E-state index contributed by atoms with van der Waals surface area (Å²) in [6, 6.07) is 9.98. The highest BCUT2D eigenvalue weighted by molar-refractivity contribution is 7.89. The standard InChI is InChI=1S/C16H14F3N3O2S/c17-16(18,19)12-6-4-11(5-7-12)15-13-3-1-2-9-22(13)14(21-15)8-10-25(20,23)24/h1-7,9H,8,10H2,(H2,20,23,24). The van der Waals surface area contributed by atoms with Gasteiger partial charge >= 0.3 is 6.18 Å². The van der Waals surface area contributed by atoms with Crippen LogP contribution in [0.1, 0.15) is 11.4 Å². The van der Waals surface area contributed by atoms with Crippen molar-refractivity contribution in [1.29, 1.82) is 0 Å². The Morgan fingerprint density at radius 1 is 1.08 bits per heavy atom. The predicted octanol–water partition coefficient (Wildman–Crippen LogP) is 2.85. The highest BCUT2D eigenvalue weighted by atomic mass is 32.2. The lowest BCUT2D eigenvalue weighted by Gasteiger charge is -2.06. The van der Waals surface area contributed by atoms with Gasteiger partial charge < -0.3 is 4.40 Å². The number of hydrogen-bond donors (Lipinski definition) is 1. The average molecular weight is 369 g/mol. The summed E-state index contributed by atoms with van der Waals surface area (Å²) in [6.07, 6.45) is -2.59. The number of halogens is 3. The van der Waals surface area contributed by atoms with Crippen molar-refractivity contribution in [3.63, 3.8) is 0 Å². The van der Waals surface area contributed by atoms with E-state index in [0.29, 0.717) is 22.6 Å². The van der Waals surface area contributed by atoms with Crippen molar-refractivity contribution in [2.24, 2.45) is 5.14 Å². The zero-order valence-corrected chi connectivity index (χ0v) is 13.7. The first-order valence-corrected chi connectivity index (χ1v) is 9.01. The van der Waals surface area contributed by atoms with Crippen LogP contribution in [0.3, 0.4) is 0 Å². The lowest BCUT2D eigenvalue weighted by Crippen LogP contribution is -2.18. The fourth-order valence-corrected chi connectivity index (χ4v) is 3.01. The molecule has 0 amide bonds. The lowest BCUT2D eigenvalue weighted by atomic mass is 10.1. The number of alkyl halides is 3. The quantitative estimate of drug-likeness (QED) is 0.768. The van der Waals surface area contributed by atoms with E-state index in [1.54, 1.807) is 28.8 Å². The van der Waals surface area contributed by atoms with Crippen LogP contribution in [0, 0.1) is 0 Å². The number of pyridine rings is 1. The van der Waals surface area contributed by atoms with Gasteiger partial charge in [0.25, 0.3) is 0 Å². The molecule has 2 aromatic heterocycles. The van der Waals surface area contributed by atoms with E-state index in [4.69, 9.17) is 5.14 Å². The minimum absolute atomic E-state index is 0.102. The van der Waals surface area contributed by atoms with Crippen molar-refractivity contribution in [3.05, 3.63) is 60.0 Å². The maximum Gasteiger partial charge on any atom is 0.416 e. The molecule has 0 spiro atoms. The smallest absolute Gasteiger partial charge is 0.303 e. The van der Waals surface area contributed by atoms with Gasteiger partial charge in [0.15, 0.2) is 0 Å². The van der Waals surface area contributed by atoms with Crippen LogP contribution >= 0.6 is 0 Å². The number of hydrogen-bond acceptors (Lipinski definition) is 3. The summed E-state index contributed by atoms with van der Waals surface area (Å²) in [5, 5.41) is 5.03. The number of sulfonamides is 1. The molecule has 3 rings (SSSR count). The van der Waals surface area contributed by atoms with Crippen LogP contribution in [-0.2, 0) is 22.6 Å². The van der Waals surface area contributed by atoms with Crippen molar-refractivity contribution < 1.29 is 21.6 Å². The van der Waals surface area contributed by atoms with E-state index < -0.39 is 21.8 Å². The van der Waals surface area contributed by atoms with E-state index in [2.05, 4.69) is 4.98 Å². The molecule has 0 aliphatic carbocycles. The Balaban J connectivity index is 2.04.